The summed E-state index contributed by atoms with van der Waals surface area (Å²) in [6.45, 7) is 3.14. The first-order valence-electron chi connectivity index (χ1n) is 6.31. The second-order valence-corrected chi connectivity index (χ2v) is 4.51. The lowest BCUT2D eigenvalue weighted by molar-refractivity contribution is 0.00627. The molecule has 1 saturated heterocycles. The fourth-order valence-electron chi connectivity index (χ4n) is 2.16. The van der Waals surface area contributed by atoms with Gasteiger partial charge in [-0.3, -0.25) is 0 Å². The van der Waals surface area contributed by atoms with Gasteiger partial charge >= 0.3 is 0 Å². The van der Waals surface area contributed by atoms with Crippen molar-refractivity contribution in [1.82, 2.24) is 0 Å². The standard InChI is InChI=1S/C14H20O4/c1-10(15)12-6-3-7-13(14(12)16-2)18-11-5-4-8-17-9-11/h3,6-7,10-11,15H,4-5,8-9H2,1-2H3. The van der Waals surface area contributed by atoms with Crippen molar-refractivity contribution in [1.29, 1.82) is 0 Å². The minimum atomic E-state index is -0.578. The molecule has 4 nitrogen and oxygen atoms in total. The molecular weight excluding hydrogens is 232 g/mol. The van der Waals surface area contributed by atoms with Gasteiger partial charge in [-0.2, -0.15) is 0 Å². The summed E-state index contributed by atoms with van der Waals surface area (Å²) >= 11 is 0. The van der Waals surface area contributed by atoms with Crippen LogP contribution >= 0.6 is 0 Å². The molecule has 4 heteroatoms. The minimum absolute atomic E-state index is 0.0666. The number of para-hydroxylation sites is 1. The van der Waals surface area contributed by atoms with E-state index in [1.165, 1.54) is 0 Å². The van der Waals surface area contributed by atoms with Crippen molar-refractivity contribution in [2.45, 2.75) is 32.0 Å². The number of ether oxygens (including phenoxy) is 3. The van der Waals surface area contributed by atoms with Crippen LogP contribution in [0.5, 0.6) is 11.5 Å². The van der Waals surface area contributed by atoms with Gasteiger partial charge < -0.3 is 19.3 Å². The molecule has 0 radical (unpaired) electrons. The summed E-state index contributed by atoms with van der Waals surface area (Å²) in [7, 11) is 1.59. The van der Waals surface area contributed by atoms with E-state index in [1.54, 1.807) is 14.0 Å². The molecule has 1 aromatic carbocycles. The average Bonchev–Trinajstić information content (AvgIpc) is 2.39. The van der Waals surface area contributed by atoms with E-state index in [0.717, 1.165) is 25.0 Å². The van der Waals surface area contributed by atoms with Gasteiger partial charge in [0.05, 0.1) is 19.8 Å². The first kappa shape index (κ1) is 13.2. The molecule has 1 N–H and O–H groups in total. The first-order chi connectivity index (χ1) is 8.72. The van der Waals surface area contributed by atoms with Gasteiger partial charge in [0.15, 0.2) is 11.5 Å². The predicted octanol–water partition coefficient (Wildman–Crippen LogP) is 2.31. The van der Waals surface area contributed by atoms with Crippen LogP contribution in [0.4, 0.5) is 0 Å². The lowest BCUT2D eigenvalue weighted by Gasteiger charge is -2.25. The third-order valence-corrected chi connectivity index (χ3v) is 3.08. The highest BCUT2D eigenvalue weighted by Crippen LogP contribution is 2.35. The molecule has 1 aliphatic rings. The molecule has 2 unspecified atom stereocenters. The van der Waals surface area contributed by atoms with Gasteiger partial charge in [0.25, 0.3) is 0 Å². The van der Waals surface area contributed by atoms with Gasteiger partial charge in [0.2, 0.25) is 0 Å². The number of hydrogen-bond donors (Lipinski definition) is 1. The van der Waals surface area contributed by atoms with Crippen LogP contribution in [0.1, 0.15) is 31.4 Å². The van der Waals surface area contributed by atoms with Crippen LogP contribution in [0.2, 0.25) is 0 Å². The Balaban J connectivity index is 2.18. The Hall–Kier alpha value is -1.26. The molecule has 0 aliphatic carbocycles. The fraction of sp³-hybridized carbons (Fsp3) is 0.571. The summed E-state index contributed by atoms with van der Waals surface area (Å²) in [6.07, 6.45) is 1.49. The van der Waals surface area contributed by atoms with Crippen molar-refractivity contribution in [2.75, 3.05) is 20.3 Å². The average molecular weight is 252 g/mol. The number of benzene rings is 1. The third kappa shape index (κ3) is 2.94. The molecule has 1 aromatic rings. The number of hydrogen-bond acceptors (Lipinski definition) is 4. The zero-order chi connectivity index (χ0) is 13.0. The highest BCUT2D eigenvalue weighted by molar-refractivity contribution is 5.47. The largest absolute Gasteiger partial charge is 0.492 e. The predicted molar refractivity (Wildman–Crippen MR) is 68.1 cm³/mol. The molecule has 1 aliphatic heterocycles. The van der Waals surface area contributed by atoms with Gasteiger partial charge in [0.1, 0.15) is 6.10 Å². The summed E-state index contributed by atoms with van der Waals surface area (Å²) < 4.78 is 16.7. The van der Waals surface area contributed by atoms with Crippen LogP contribution in [0.3, 0.4) is 0 Å². The van der Waals surface area contributed by atoms with Gasteiger partial charge in [-0.05, 0) is 25.8 Å². The SMILES string of the molecule is COc1c(OC2CCCOC2)cccc1C(C)O. The number of aliphatic hydroxyl groups excluding tert-OH is 1. The summed E-state index contributed by atoms with van der Waals surface area (Å²) in [5, 5.41) is 9.71. The number of aliphatic hydroxyl groups is 1. The Morgan fingerprint density at radius 3 is 2.89 bits per heavy atom. The van der Waals surface area contributed by atoms with Crippen LogP contribution in [0.15, 0.2) is 18.2 Å². The Labute approximate surface area is 107 Å². The van der Waals surface area contributed by atoms with Gasteiger partial charge in [-0.15, -0.1) is 0 Å². The second-order valence-electron chi connectivity index (χ2n) is 4.51. The highest BCUT2D eigenvalue weighted by atomic mass is 16.5. The summed E-state index contributed by atoms with van der Waals surface area (Å²) in [6, 6.07) is 5.57. The molecule has 0 aromatic heterocycles. The molecule has 2 atom stereocenters. The Morgan fingerprint density at radius 1 is 1.44 bits per heavy atom. The lowest BCUT2D eigenvalue weighted by Crippen LogP contribution is -2.28. The van der Waals surface area contributed by atoms with Crippen LogP contribution < -0.4 is 9.47 Å². The van der Waals surface area contributed by atoms with E-state index in [-0.39, 0.29) is 6.10 Å². The normalized spacial score (nSPS) is 21.4. The topological polar surface area (TPSA) is 47.9 Å². The second kappa shape index (κ2) is 6.07. The fourth-order valence-corrected chi connectivity index (χ4v) is 2.16. The molecule has 18 heavy (non-hydrogen) atoms. The van der Waals surface area contributed by atoms with Crippen LogP contribution in [-0.2, 0) is 4.74 Å². The minimum Gasteiger partial charge on any atom is -0.492 e. The molecule has 100 valence electrons. The van der Waals surface area contributed by atoms with Gasteiger partial charge in [-0.1, -0.05) is 12.1 Å². The maximum absolute atomic E-state index is 9.71. The zero-order valence-electron chi connectivity index (χ0n) is 10.9. The molecule has 0 amide bonds. The summed E-state index contributed by atoms with van der Waals surface area (Å²) in [5.41, 5.74) is 0.742. The van der Waals surface area contributed by atoms with Gasteiger partial charge in [-0.25, -0.2) is 0 Å². The molecule has 1 heterocycles. The molecule has 0 saturated carbocycles. The van der Waals surface area contributed by atoms with Crippen molar-refractivity contribution >= 4 is 0 Å². The van der Waals surface area contributed by atoms with Crippen molar-refractivity contribution in [3.05, 3.63) is 23.8 Å². The van der Waals surface area contributed by atoms with Crippen molar-refractivity contribution < 1.29 is 19.3 Å². The maximum atomic E-state index is 9.71. The molecule has 1 fully saturated rings. The molecule has 0 spiro atoms. The smallest absolute Gasteiger partial charge is 0.166 e. The number of rotatable bonds is 4. The van der Waals surface area contributed by atoms with Gasteiger partial charge in [0, 0.05) is 12.2 Å². The Morgan fingerprint density at radius 2 is 2.28 bits per heavy atom. The Bertz CT molecular complexity index is 383. The van der Waals surface area contributed by atoms with Crippen molar-refractivity contribution in [2.24, 2.45) is 0 Å². The van der Waals surface area contributed by atoms with E-state index in [9.17, 15) is 5.11 Å². The van der Waals surface area contributed by atoms with Crippen molar-refractivity contribution in [3.8, 4) is 11.5 Å². The van der Waals surface area contributed by atoms with Crippen LogP contribution in [0, 0.1) is 0 Å². The summed E-state index contributed by atoms with van der Waals surface area (Å²) in [5.74, 6) is 1.28. The lowest BCUT2D eigenvalue weighted by atomic mass is 10.1. The third-order valence-electron chi connectivity index (χ3n) is 3.08. The first-order valence-corrected chi connectivity index (χ1v) is 6.31. The highest BCUT2D eigenvalue weighted by Gasteiger charge is 2.19. The van der Waals surface area contributed by atoms with E-state index >= 15 is 0 Å². The summed E-state index contributed by atoms with van der Waals surface area (Å²) in [4.78, 5) is 0. The molecule has 2 rings (SSSR count). The van der Waals surface area contributed by atoms with E-state index in [2.05, 4.69) is 0 Å². The van der Waals surface area contributed by atoms with E-state index < -0.39 is 6.10 Å². The van der Waals surface area contributed by atoms with E-state index in [1.807, 2.05) is 18.2 Å². The number of methoxy groups -OCH3 is 1. The Kier molecular flexibility index (Phi) is 4.44. The van der Waals surface area contributed by atoms with E-state index in [0.29, 0.717) is 18.1 Å². The quantitative estimate of drug-likeness (QED) is 0.893. The van der Waals surface area contributed by atoms with Crippen LogP contribution in [-0.4, -0.2) is 31.5 Å². The van der Waals surface area contributed by atoms with Crippen LogP contribution in [0.25, 0.3) is 0 Å². The molecular formula is C14H20O4. The maximum Gasteiger partial charge on any atom is 0.166 e. The zero-order valence-corrected chi connectivity index (χ0v) is 10.9. The molecule has 0 bridgehead atoms. The van der Waals surface area contributed by atoms with E-state index in [4.69, 9.17) is 14.2 Å². The van der Waals surface area contributed by atoms with Crippen molar-refractivity contribution in [3.63, 3.8) is 0 Å². The monoisotopic (exact) mass is 252 g/mol.